The molecule has 1 aliphatic rings. The van der Waals surface area contributed by atoms with Crippen molar-refractivity contribution in [3.8, 4) is 0 Å². The third-order valence-corrected chi connectivity index (χ3v) is 3.94. The smallest absolute Gasteiger partial charge is 0.147 e. The highest BCUT2D eigenvalue weighted by atomic mass is 79.9. The summed E-state index contributed by atoms with van der Waals surface area (Å²) in [6, 6.07) is 2.01. The maximum absolute atomic E-state index is 13.7. The largest absolute Gasteiger partial charge is 0.391 e. The van der Waals surface area contributed by atoms with Crippen LogP contribution >= 0.6 is 15.9 Å². The summed E-state index contributed by atoms with van der Waals surface area (Å²) in [5.74, 6) is -1.03. The lowest BCUT2D eigenvalue weighted by molar-refractivity contribution is 0.144. The lowest BCUT2D eigenvalue weighted by Gasteiger charge is -2.23. The van der Waals surface area contributed by atoms with Crippen LogP contribution in [0.1, 0.15) is 32.1 Å². The Kier molecular flexibility index (Phi) is 4.56. The number of aliphatic hydroxyl groups is 1. The second kappa shape index (κ2) is 5.97. The van der Waals surface area contributed by atoms with Gasteiger partial charge in [-0.2, -0.15) is 0 Å². The summed E-state index contributed by atoms with van der Waals surface area (Å²) < 4.78 is 27.2. The third-order valence-electron chi connectivity index (χ3n) is 3.33. The van der Waals surface area contributed by atoms with Crippen molar-refractivity contribution in [1.82, 2.24) is 0 Å². The predicted octanol–water partition coefficient (Wildman–Crippen LogP) is 3.83. The highest BCUT2D eigenvalue weighted by molar-refractivity contribution is 9.10. The van der Waals surface area contributed by atoms with Gasteiger partial charge in [0.25, 0.3) is 0 Å². The summed E-state index contributed by atoms with van der Waals surface area (Å²) in [5, 5.41) is 12.9. The fraction of sp³-hybridized carbons (Fsp3) is 0.538. The molecule has 1 aromatic rings. The van der Waals surface area contributed by atoms with Crippen molar-refractivity contribution in [3.63, 3.8) is 0 Å². The molecule has 0 aliphatic heterocycles. The SMILES string of the molecule is OC1CCCCCC1Nc1cc(F)c(Br)cc1F. The van der Waals surface area contributed by atoms with E-state index in [0.717, 1.165) is 37.8 Å². The number of benzene rings is 1. The Morgan fingerprint density at radius 1 is 1.11 bits per heavy atom. The molecule has 0 bridgehead atoms. The lowest BCUT2D eigenvalue weighted by atomic mass is 10.1. The number of rotatable bonds is 2. The molecular formula is C13H16BrF2NO. The topological polar surface area (TPSA) is 32.3 Å². The molecule has 18 heavy (non-hydrogen) atoms. The zero-order valence-corrected chi connectivity index (χ0v) is 11.5. The van der Waals surface area contributed by atoms with Gasteiger partial charge in [0.2, 0.25) is 0 Å². The molecule has 1 saturated carbocycles. The first kappa shape index (κ1) is 13.7. The van der Waals surface area contributed by atoms with E-state index < -0.39 is 17.7 Å². The molecule has 5 heteroatoms. The Balaban J connectivity index is 2.14. The lowest BCUT2D eigenvalue weighted by Crippen LogP contribution is -2.32. The van der Waals surface area contributed by atoms with Crippen LogP contribution in [0.5, 0.6) is 0 Å². The highest BCUT2D eigenvalue weighted by Crippen LogP contribution is 2.27. The summed E-state index contributed by atoms with van der Waals surface area (Å²) >= 11 is 2.94. The summed E-state index contributed by atoms with van der Waals surface area (Å²) in [6.45, 7) is 0. The fourth-order valence-electron chi connectivity index (χ4n) is 2.29. The second-order valence-corrected chi connectivity index (χ2v) is 5.56. The molecule has 0 heterocycles. The molecule has 1 aromatic carbocycles. The van der Waals surface area contributed by atoms with E-state index in [0.29, 0.717) is 6.42 Å². The molecule has 2 rings (SSSR count). The van der Waals surface area contributed by atoms with Gasteiger partial charge in [-0.3, -0.25) is 0 Å². The van der Waals surface area contributed by atoms with E-state index in [1.807, 2.05) is 0 Å². The second-order valence-electron chi connectivity index (χ2n) is 4.70. The van der Waals surface area contributed by atoms with Crippen LogP contribution in [0.4, 0.5) is 14.5 Å². The molecule has 1 fully saturated rings. The highest BCUT2D eigenvalue weighted by Gasteiger charge is 2.22. The normalized spacial score (nSPS) is 24.7. The van der Waals surface area contributed by atoms with Crippen molar-refractivity contribution in [3.05, 3.63) is 28.2 Å². The minimum Gasteiger partial charge on any atom is -0.391 e. The van der Waals surface area contributed by atoms with Crippen molar-refractivity contribution in [2.24, 2.45) is 0 Å². The zero-order valence-electron chi connectivity index (χ0n) is 9.93. The van der Waals surface area contributed by atoms with E-state index in [-0.39, 0.29) is 16.2 Å². The molecular weight excluding hydrogens is 304 g/mol. The van der Waals surface area contributed by atoms with Gasteiger partial charge in [-0.25, -0.2) is 8.78 Å². The van der Waals surface area contributed by atoms with Gasteiger partial charge in [0.1, 0.15) is 11.6 Å². The predicted molar refractivity (Wildman–Crippen MR) is 70.6 cm³/mol. The number of hydrogen-bond acceptors (Lipinski definition) is 2. The van der Waals surface area contributed by atoms with Gasteiger partial charge >= 0.3 is 0 Å². The molecule has 0 amide bonds. The number of nitrogens with one attached hydrogen (secondary N) is 1. The van der Waals surface area contributed by atoms with Crippen LogP contribution in [0.2, 0.25) is 0 Å². The van der Waals surface area contributed by atoms with Gasteiger partial charge in [0, 0.05) is 6.07 Å². The summed E-state index contributed by atoms with van der Waals surface area (Å²) in [4.78, 5) is 0. The molecule has 0 spiro atoms. The molecule has 0 radical (unpaired) electrons. The van der Waals surface area contributed by atoms with Crippen LogP contribution in [0, 0.1) is 11.6 Å². The molecule has 100 valence electrons. The van der Waals surface area contributed by atoms with Gasteiger partial charge in [0.05, 0.1) is 22.3 Å². The molecule has 0 saturated heterocycles. The number of anilines is 1. The van der Waals surface area contributed by atoms with Gasteiger partial charge in [-0.05, 0) is 34.8 Å². The van der Waals surface area contributed by atoms with Crippen molar-refractivity contribution in [2.45, 2.75) is 44.2 Å². The Hall–Kier alpha value is -0.680. The first-order valence-corrected chi connectivity index (χ1v) is 6.96. The van der Waals surface area contributed by atoms with E-state index >= 15 is 0 Å². The van der Waals surface area contributed by atoms with E-state index in [1.165, 1.54) is 0 Å². The summed E-state index contributed by atoms with van der Waals surface area (Å²) in [6.07, 6.45) is 4.04. The van der Waals surface area contributed by atoms with Crippen LogP contribution in [-0.4, -0.2) is 17.3 Å². The molecule has 2 atom stereocenters. The van der Waals surface area contributed by atoms with Crippen molar-refractivity contribution < 1.29 is 13.9 Å². The Morgan fingerprint density at radius 2 is 1.83 bits per heavy atom. The summed E-state index contributed by atoms with van der Waals surface area (Å²) in [7, 11) is 0. The Labute approximate surface area is 114 Å². The van der Waals surface area contributed by atoms with Crippen LogP contribution in [0.25, 0.3) is 0 Å². The average Bonchev–Trinajstić information content (AvgIpc) is 2.52. The van der Waals surface area contributed by atoms with Crippen LogP contribution in [0.3, 0.4) is 0 Å². The molecule has 1 aliphatic carbocycles. The molecule has 2 N–H and O–H groups in total. The quantitative estimate of drug-likeness (QED) is 0.641. The fourth-order valence-corrected chi connectivity index (χ4v) is 2.60. The third kappa shape index (κ3) is 3.20. The van der Waals surface area contributed by atoms with Gasteiger partial charge in [-0.15, -0.1) is 0 Å². The van der Waals surface area contributed by atoms with Gasteiger partial charge < -0.3 is 10.4 Å². The number of hydrogen-bond donors (Lipinski definition) is 2. The Morgan fingerprint density at radius 3 is 2.61 bits per heavy atom. The maximum Gasteiger partial charge on any atom is 0.147 e. The first-order chi connectivity index (χ1) is 8.58. The van der Waals surface area contributed by atoms with E-state index in [4.69, 9.17) is 0 Å². The van der Waals surface area contributed by atoms with Gasteiger partial charge in [0.15, 0.2) is 0 Å². The van der Waals surface area contributed by atoms with E-state index in [1.54, 1.807) is 0 Å². The first-order valence-electron chi connectivity index (χ1n) is 6.17. The standard InChI is InChI=1S/C13H16BrF2NO/c14-8-6-10(16)12(7-9(8)15)17-11-4-2-1-3-5-13(11)18/h6-7,11,13,17-18H,1-5H2. The molecule has 2 unspecified atom stereocenters. The van der Waals surface area contributed by atoms with Crippen LogP contribution < -0.4 is 5.32 Å². The molecule has 2 nitrogen and oxygen atoms in total. The molecule has 0 aromatic heterocycles. The monoisotopic (exact) mass is 319 g/mol. The van der Waals surface area contributed by atoms with Crippen molar-refractivity contribution >= 4 is 21.6 Å². The average molecular weight is 320 g/mol. The van der Waals surface area contributed by atoms with Crippen molar-refractivity contribution in [1.29, 1.82) is 0 Å². The zero-order chi connectivity index (χ0) is 13.1. The minimum atomic E-state index is -0.514. The number of halogens is 3. The Bertz CT molecular complexity index is 428. The van der Waals surface area contributed by atoms with Crippen molar-refractivity contribution in [2.75, 3.05) is 5.32 Å². The van der Waals surface area contributed by atoms with E-state index in [9.17, 15) is 13.9 Å². The van der Waals surface area contributed by atoms with Gasteiger partial charge in [-0.1, -0.05) is 19.3 Å². The van der Waals surface area contributed by atoms with Crippen LogP contribution in [-0.2, 0) is 0 Å². The van der Waals surface area contributed by atoms with Crippen LogP contribution in [0.15, 0.2) is 16.6 Å². The summed E-state index contributed by atoms with van der Waals surface area (Å²) in [5.41, 5.74) is 0.113. The minimum absolute atomic E-state index is 0.104. The van der Waals surface area contributed by atoms with E-state index in [2.05, 4.69) is 21.2 Å². The maximum atomic E-state index is 13.7. The number of aliphatic hydroxyl groups excluding tert-OH is 1.